The van der Waals surface area contributed by atoms with Crippen molar-refractivity contribution in [3.8, 4) is 0 Å². The van der Waals surface area contributed by atoms with Crippen LogP contribution in [-0.2, 0) is 0 Å². The minimum Gasteiger partial charge on any atom is -0.321 e. The van der Waals surface area contributed by atoms with Crippen molar-refractivity contribution in [2.75, 3.05) is 0 Å². The number of nitrogens with two attached hydrogens (primary N) is 1. The normalized spacial score (nSPS) is 13.0. The number of nitrogens with zero attached hydrogens (tertiary/aromatic N) is 3. The number of fused-ring (bicyclic) bond motifs is 1. The Labute approximate surface area is 97.3 Å². The van der Waals surface area contributed by atoms with Crippen molar-refractivity contribution in [3.05, 3.63) is 28.8 Å². The van der Waals surface area contributed by atoms with Gasteiger partial charge in [-0.3, -0.25) is 9.20 Å². The minimum absolute atomic E-state index is 0.139. The maximum atomic E-state index is 11.9. The molecule has 0 radical (unpaired) electrons. The average Bonchev–Trinajstić information content (AvgIpc) is 2.52. The van der Waals surface area contributed by atoms with E-state index in [2.05, 4.69) is 9.97 Å². The first kappa shape index (κ1) is 11.0. The number of carbonyl (C=O) groups is 1. The van der Waals surface area contributed by atoms with Crippen LogP contribution in [0.3, 0.4) is 0 Å². The smallest absolute Gasteiger partial charge is 0.235 e. The van der Waals surface area contributed by atoms with Gasteiger partial charge in [-0.1, -0.05) is 11.6 Å². The number of rotatable bonds is 2. The number of hydrogen-bond acceptors (Lipinski definition) is 4. The maximum Gasteiger partial charge on any atom is 0.235 e. The molecule has 0 aliphatic carbocycles. The van der Waals surface area contributed by atoms with Gasteiger partial charge in [-0.2, -0.15) is 4.98 Å². The van der Waals surface area contributed by atoms with Crippen LogP contribution in [0, 0.1) is 6.92 Å². The van der Waals surface area contributed by atoms with Crippen LogP contribution in [0.25, 0.3) is 5.78 Å². The Balaban J connectivity index is 2.72. The summed E-state index contributed by atoms with van der Waals surface area (Å²) < 4.78 is 1.57. The predicted molar refractivity (Wildman–Crippen MR) is 60.7 cm³/mol. The van der Waals surface area contributed by atoms with E-state index >= 15 is 0 Å². The molecule has 0 aliphatic rings. The summed E-state index contributed by atoms with van der Waals surface area (Å²) in [4.78, 5) is 19.9. The molecular formula is C10H11ClN4O. The van der Waals surface area contributed by atoms with Gasteiger partial charge in [-0.15, -0.1) is 0 Å². The highest BCUT2D eigenvalue weighted by Crippen LogP contribution is 2.18. The molecule has 0 fully saturated rings. The lowest BCUT2D eigenvalue weighted by molar-refractivity contribution is 0.0962. The van der Waals surface area contributed by atoms with E-state index in [9.17, 15) is 4.79 Å². The molecule has 0 spiro atoms. The molecule has 0 aliphatic heterocycles. The van der Waals surface area contributed by atoms with Gasteiger partial charge in [0, 0.05) is 12.4 Å². The summed E-state index contributed by atoms with van der Waals surface area (Å²) in [6.45, 7) is 3.49. The van der Waals surface area contributed by atoms with E-state index in [4.69, 9.17) is 17.3 Å². The Bertz CT molecular complexity index is 561. The molecule has 0 saturated carbocycles. The number of halogens is 1. The van der Waals surface area contributed by atoms with E-state index < -0.39 is 6.04 Å². The zero-order valence-corrected chi connectivity index (χ0v) is 9.69. The zero-order valence-electron chi connectivity index (χ0n) is 8.94. The fraction of sp³-hybridized carbons (Fsp3) is 0.300. The lowest BCUT2D eigenvalue weighted by Gasteiger charge is -2.04. The monoisotopic (exact) mass is 238 g/mol. The standard InChI is InChI=1S/C10H11ClN4O/c1-5-3-13-10-14-9(11)7(15(10)4-5)8(16)6(2)12/h3-4,6H,12H2,1-2H3. The molecule has 1 atom stereocenters. The van der Waals surface area contributed by atoms with Gasteiger partial charge in [0.05, 0.1) is 6.04 Å². The molecule has 6 heteroatoms. The number of aromatic nitrogens is 3. The van der Waals surface area contributed by atoms with Crippen molar-refractivity contribution in [1.82, 2.24) is 14.4 Å². The van der Waals surface area contributed by atoms with E-state index in [1.54, 1.807) is 23.7 Å². The summed E-state index contributed by atoms with van der Waals surface area (Å²) in [6, 6.07) is -0.613. The van der Waals surface area contributed by atoms with E-state index in [1.165, 1.54) is 0 Å². The van der Waals surface area contributed by atoms with Gasteiger partial charge in [0.2, 0.25) is 5.78 Å². The van der Waals surface area contributed by atoms with Crippen molar-refractivity contribution in [2.45, 2.75) is 19.9 Å². The third-order valence-corrected chi connectivity index (χ3v) is 2.48. The minimum atomic E-state index is -0.613. The number of hydrogen-bond donors (Lipinski definition) is 1. The quantitative estimate of drug-likeness (QED) is 0.799. The molecule has 2 aromatic heterocycles. The third-order valence-electron chi connectivity index (χ3n) is 2.21. The topological polar surface area (TPSA) is 73.3 Å². The van der Waals surface area contributed by atoms with Gasteiger partial charge in [0.1, 0.15) is 5.69 Å². The second-order valence-corrected chi connectivity index (χ2v) is 4.06. The molecule has 0 aromatic carbocycles. The van der Waals surface area contributed by atoms with Crippen LogP contribution in [-0.4, -0.2) is 26.2 Å². The van der Waals surface area contributed by atoms with E-state index in [1.807, 2.05) is 6.92 Å². The SMILES string of the molecule is Cc1cnc2nc(Cl)c(C(=O)C(C)N)n2c1. The van der Waals surface area contributed by atoms with E-state index in [0.29, 0.717) is 11.5 Å². The number of ketones is 1. The van der Waals surface area contributed by atoms with Crippen molar-refractivity contribution in [2.24, 2.45) is 5.73 Å². The Morgan fingerprint density at radius 1 is 1.62 bits per heavy atom. The third kappa shape index (κ3) is 1.68. The Morgan fingerprint density at radius 3 is 2.94 bits per heavy atom. The summed E-state index contributed by atoms with van der Waals surface area (Å²) >= 11 is 5.91. The van der Waals surface area contributed by atoms with E-state index in [-0.39, 0.29) is 10.9 Å². The highest BCUT2D eigenvalue weighted by atomic mass is 35.5. The fourth-order valence-electron chi connectivity index (χ4n) is 1.44. The summed E-state index contributed by atoms with van der Waals surface area (Å²) in [5.41, 5.74) is 6.77. The molecule has 1 unspecified atom stereocenters. The number of aryl methyl sites for hydroxylation is 1. The van der Waals surface area contributed by atoms with Crippen LogP contribution in [0.15, 0.2) is 12.4 Å². The van der Waals surface area contributed by atoms with Crippen molar-refractivity contribution < 1.29 is 4.79 Å². The van der Waals surface area contributed by atoms with Gasteiger partial charge in [-0.05, 0) is 19.4 Å². The van der Waals surface area contributed by atoms with Crippen LogP contribution in [0.5, 0.6) is 0 Å². The molecule has 16 heavy (non-hydrogen) atoms. The van der Waals surface area contributed by atoms with Crippen molar-refractivity contribution in [1.29, 1.82) is 0 Å². The van der Waals surface area contributed by atoms with Gasteiger partial charge in [0.25, 0.3) is 0 Å². The second-order valence-electron chi connectivity index (χ2n) is 3.71. The second kappa shape index (κ2) is 3.84. The molecule has 0 saturated heterocycles. The summed E-state index contributed by atoms with van der Waals surface area (Å²) in [6.07, 6.45) is 3.43. The highest BCUT2D eigenvalue weighted by Gasteiger charge is 2.21. The lowest BCUT2D eigenvalue weighted by atomic mass is 10.2. The molecule has 0 bridgehead atoms. The Kier molecular flexibility index (Phi) is 2.65. The first-order valence-corrected chi connectivity index (χ1v) is 5.18. The summed E-state index contributed by atoms with van der Waals surface area (Å²) in [5, 5.41) is 0.139. The van der Waals surface area contributed by atoms with Crippen LogP contribution >= 0.6 is 11.6 Å². The maximum absolute atomic E-state index is 11.9. The van der Waals surface area contributed by atoms with Crippen LogP contribution in [0.4, 0.5) is 0 Å². The predicted octanol–water partition coefficient (Wildman–Crippen LogP) is 1.22. The van der Waals surface area contributed by atoms with Crippen LogP contribution < -0.4 is 5.73 Å². The Hall–Kier alpha value is -1.46. The van der Waals surface area contributed by atoms with Gasteiger partial charge >= 0.3 is 0 Å². The largest absolute Gasteiger partial charge is 0.321 e. The van der Waals surface area contributed by atoms with Crippen molar-refractivity contribution >= 4 is 23.2 Å². The average molecular weight is 239 g/mol. The zero-order chi connectivity index (χ0) is 11.9. The van der Waals surface area contributed by atoms with Gasteiger partial charge in [-0.25, -0.2) is 4.98 Å². The molecule has 0 amide bonds. The summed E-state index contributed by atoms with van der Waals surface area (Å²) in [7, 11) is 0. The first-order chi connectivity index (χ1) is 7.50. The Morgan fingerprint density at radius 2 is 2.31 bits per heavy atom. The van der Waals surface area contributed by atoms with E-state index in [0.717, 1.165) is 5.56 Å². The molecule has 2 aromatic rings. The molecule has 5 nitrogen and oxygen atoms in total. The molecule has 84 valence electrons. The molecule has 2 N–H and O–H groups in total. The van der Waals surface area contributed by atoms with Crippen molar-refractivity contribution in [3.63, 3.8) is 0 Å². The molecule has 2 heterocycles. The molecule has 2 rings (SSSR count). The first-order valence-electron chi connectivity index (χ1n) is 4.80. The number of imidazole rings is 1. The van der Waals surface area contributed by atoms with Gasteiger partial charge < -0.3 is 5.73 Å². The van der Waals surface area contributed by atoms with Crippen LogP contribution in [0.1, 0.15) is 23.0 Å². The molecular weight excluding hydrogens is 228 g/mol. The van der Waals surface area contributed by atoms with Crippen LogP contribution in [0.2, 0.25) is 5.15 Å². The fourth-order valence-corrected chi connectivity index (χ4v) is 1.70. The summed E-state index contributed by atoms with van der Waals surface area (Å²) in [5.74, 6) is 0.157. The lowest BCUT2D eigenvalue weighted by Crippen LogP contribution is -2.28. The number of carbonyl (C=O) groups excluding carboxylic acids is 1. The highest BCUT2D eigenvalue weighted by molar-refractivity contribution is 6.33. The number of Topliss-reactive ketones (excluding diaryl/α,β-unsaturated/α-hetero) is 1. The van der Waals surface area contributed by atoms with Gasteiger partial charge in [0.15, 0.2) is 10.9 Å².